The summed E-state index contributed by atoms with van der Waals surface area (Å²) in [6, 6.07) is 4.20. The zero-order valence-corrected chi connectivity index (χ0v) is 11.8. The number of carbonyl (C=O) groups is 1. The predicted molar refractivity (Wildman–Crippen MR) is 75.1 cm³/mol. The molecule has 2 aromatic rings. The maximum atomic E-state index is 12.8. The van der Waals surface area contributed by atoms with Crippen molar-refractivity contribution in [3.8, 4) is 0 Å². The summed E-state index contributed by atoms with van der Waals surface area (Å²) in [5.41, 5.74) is 6.69. The molecule has 0 aromatic heterocycles. The summed E-state index contributed by atoms with van der Waals surface area (Å²) in [5, 5.41) is 0. The third-order valence-electron chi connectivity index (χ3n) is 3.09. The van der Waals surface area contributed by atoms with Gasteiger partial charge in [0.2, 0.25) is 0 Å². The van der Waals surface area contributed by atoms with E-state index in [9.17, 15) is 31.1 Å². The van der Waals surface area contributed by atoms with E-state index in [2.05, 4.69) is 0 Å². The minimum absolute atomic E-state index is 0.340. The fraction of sp³-hybridized carbons (Fsp3) is 0.133. The summed E-state index contributed by atoms with van der Waals surface area (Å²) < 4.78 is 76.6. The summed E-state index contributed by atoms with van der Waals surface area (Å²) in [4.78, 5) is 12.3. The zero-order valence-electron chi connectivity index (χ0n) is 11.8. The van der Waals surface area contributed by atoms with Crippen molar-refractivity contribution < 1.29 is 31.1 Å². The molecule has 0 aliphatic heterocycles. The molecule has 0 heterocycles. The van der Waals surface area contributed by atoms with Gasteiger partial charge in [0, 0.05) is 22.5 Å². The van der Waals surface area contributed by atoms with Crippen molar-refractivity contribution >= 4 is 17.2 Å². The van der Waals surface area contributed by atoms with E-state index in [-0.39, 0.29) is 11.4 Å². The Hall–Kier alpha value is -2.71. The number of ketones is 1. The third kappa shape index (κ3) is 3.79. The Morgan fingerprint density at radius 2 is 1.00 bits per heavy atom. The number of hydrogen-bond donors (Lipinski definition) is 2. The first-order chi connectivity index (χ1) is 10.9. The predicted octanol–water partition coefficient (Wildman–Crippen LogP) is 4.12. The maximum absolute atomic E-state index is 12.8. The summed E-state index contributed by atoms with van der Waals surface area (Å²) in [7, 11) is 0. The lowest BCUT2D eigenvalue weighted by atomic mass is 9.98. The summed E-state index contributed by atoms with van der Waals surface area (Å²) in [6.07, 6.45) is -9.51. The Labute approximate surface area is 131 Å². The number of hydrogen-bond acceptors (Lipinski definition) is 3. The first-order valence-electron chi connectivity index (χ1n) is 6.38. The average Bonchev–Trinajstić information content (AvgIpc) is 2.43. The quantitative estimate of drug-likeness (QED) is 0.487. The number of anilines is 2. The van der Waals surface area contributed by atoms with Gasteiger partial charge in [-0.1, -0.05) is 0 Å². The lowest BCUT2D eigenvalue weighted by molar-refractivity contribution is -0.138. The normalized spacial score (nSPS) is 12.2. The van der Waals surface area contributed by atoms with E-state index in [1.165, 1.54) is 0 Å². The third-order valence-corrected chi connectivity index (χ3v) is 3.09. The number of alkyl halides is 6. The van der Waals surface area contributed by atoms with E-state index in [1.54, 1.807) is 0 Å². The lowest BCUT2D eigenvalue weighted by Gasteiger charge is -2.12. The minimum atomic E-state index is -4.75. The smallest absolute Gasteiger partial charge is 0.399 e. The van der Waals surface area contributed by atoms with Crippen LogP contribution in [0.5, 0.6) is 0 Å². The maximum Gasteiger partial charge on any atom is 0.416 e. The van der Waals surface area contributed by atoms with Gasteiger partial charge in [-0.05, 0) is 36.4 Å². The number of benzene rings is 2. The molecule has 2 rings (SSSR count). The van der Waals surface area contributed by atoms with Crippen LogP contribution in [0.15, 0.2) is 36.4 Å². The molecule has 128 valence electrons. The second-order valence-corrected chi connectivity index (χ2v) is 5.01. The molecular weight excluding hydrogens is 338 g/mol. The highest BCUT2D eigenvalue weighted by molar-refractivity contribution is 6.10. The monoisotopic (exact) mass is 348 g/mol. The Balaban J connectivity index is 2.54. The Morgan fingerprint density at radius 3 is 1.29 bits per heavy atom. The van der Waals surface area contributed by atoms with Gasteiger partial charge in [-0.2, -0.15) is 26.3 Å². The van der Waals surface area contributed by atoms with Crippen LogP contribution in [0.4, 0.5) is 37.7 Å². The molecule has 0 fully saturated rings. The number of nitrogen functional groups attached to an aromatic ring is 2. The zero-order chi connectivity index (χ0) is 18.3. The van der Waals surface area contributed by atoms with Crippen LogP contribution in [0.3, 0.4) is 0 Å². The van der Waals surface area contributed by atoms with Gasteiger partial charge in [0.25, 0.3) is 0 Å². The molecule has 2 aromatic carbocycles. The summed E-state index contributed by atoms with van der Waals surface area (Å²) in [5.74, 6) is -1.05. The molecule has 0 radical (unpaired) electrons. The molecule has 0 atom stereocenters. The first-order valence-corrected chi connectivity index (χ1v) is 6.38. The molecule has 0 aliphatic carbocycles. The van der Waals surface area contributed by atoms with Gasteiger partial charge in [0.1, 0.15) is 0 Å². The topological polar surface area (TPSA) is 69.1 Å². The summed E-state index contributed by atoms with van der Waals surface area (Å²) in [6.45, 7) is 0. The molecule has 3 nitrogen and oxygen atoms in total. The van der Waals surface area contributed by atoms with Crippen molar-refractivity contribution in [2.45, 2.75) is 12.4 Å². The molecule has 0 aliphatic rings. The highest BCUT2D eigenvalue weighted by Gasteiger charge is 2.33. The van der Waals surface area contributed by atoms with Crippen molar-refractivity contribution in [2.75, 3.05) is 11.5 Å². The Morgan fingerprint density at radius 1 is 0.667 bits per heavy atom. The van der Waals surface area contributed by atoms with Crippen LogP contribution >= 0.6 is 0 Å². The van der Waals surface area contributed by atoms with Crippen molar-refractivity contribution in [1.82, 2.24) is 0 Å². The van der Waals surface area contributed by atoms with Crippen LogP contribution in [0.25, 0.3) is 0 Å². The van der Waals surface area contributed by atoms with E-state index in [1.807, 2.05) is 0 Å². The average molecular weight is 348 g/mol. The largest absolute Gasteiger partial charge is 0.416 e. The molecule has 9 heteroatoms. The van der Waals surface area contributed by atoms with Gasteiger partial charge in [-0.25, -0.2) is 0 Å². The van der Waals surface area contributed by atoms with E-state index in [4.69, 9.17) is 11.5 Å². The van der Waals surface area contributed by atoms with Gasteiger partial charge in [-0.3, -0.25) is 4.79 Å². The highest BCUT2D eigenvalue weighted by atomic mass is 19.4. The minimum Gasteiger partial charge on any atom is -0.399 e. The second kappa shape index (κ2) is 5.73. The molecular formula is C15H10F6N2O. The highest BCUT2D eigenvalue weighted by Crippen LogP contribution is 2.34. The van der Waals surface area contributed by atoms with Crippen LogP contribution in [0, 0.1) is 0 Å². The molecule has 0 saturated carbocycles. The van der Waals surface area contributed by atoms with Crippen LogP contribution in [0.2, 0.25) is 0 Å². The first kappa shape index (κ1) is 17.6. The molecule has 24 heavy (non-hydrogen) atoms. The number of carbonyl (C=O) groups excluding carboxylic acids is 1. The van der Waals surface area contributed by atoms with Crippen molar-refractivity contribution in [3.05, 3.63) is 58.7 Å². The fourth-order valence-electron chi connectivity index (χ4n) is 2.06. The van der Waals surface area contributed by atoms with E-state index >= 15 is 0 Å². The van der Waals surface area contributed by atoms with Crippen molar-refractivity contribution in [3.63, 3.8) is 0 Å². The lowest BCUT2D eigenvalue weighted by Crippen LogP contribution is -2.12. The van der Waals surface area contributed by atoms with Crippen molar-refractivity contribution in [2.24, 2.45) is 0 Å². The number of halogens is 6. The summed E-state index contributed by atoms with van der Waals surface area (Å²) >= 11 is 0. The van der Waals surface area contributed by atoms with Crippen molar-refractivity contribution in [1.29, 1.82) is 0 Å². The molecule has 4 N–H and O–H groups in total. The van der Waals surface area contributed by atoms with Crippen LogP contribution in [0.1, 0.15) is 27.0 Å². The van der Waals surface area contributed by atoms with Crippen LogP contribution < -0.4 is 11.5 Å². The van der Waals surface area contributed by atoms with Crippen LogP contribution in [-0.2, 0) is 12.4 Å². The molecule has 0 spiro atoms. The standard InChI is InChI=1S/C15H10F6N2O/c16-14(17,18)9-1-7(3-11(22)5-9)13(24)8-2-10(15(19,20)21)6-12(23)4-8/h1-6H,22-23H2. The fourth-order valence-corrected chi connectivity index (χ4v) is 2.06. The second-order valence-electron chi connectivity index (χ2n) is 5.01. The Bertz CT molecular complexity index is 730. The molecule has 0 amide bonds. The van der Waals surface area contributed by atoms with E-state index in [0.29, 0.717) is 24.3 Å². The van der Waals surface area contributed by atoms with E-state index < -0.39 is 40.4 Å². The Kier molecular flexibility index (Phi) is 4.21. The van der Waals surface area contributed by atoms with E-state index in [0.717, 1.165) is 12.1 Å². The van der Waals surface area contributed by atoms with Gasteiger partial charge < -0.3 is 11.5 Å². The number of nitrogens with two attached hydrogens (primary N) is 2. The number of rotatable bonds is 2. The van der Waals surface area contributed by atoms with Gasteiger partial charge in [-0.15, -0.1) is 0 Å². The van der Waals surface area contributed by atoms with Crippen LogP contribution in [-0.4, -0.2) is 5.78 Å². The molecule has 0 saturated heterocycles. The van der Waals surface area contributed by atoms with Gasteiger partial charge >= 0.3 is 12.4 Å². The molecule has 0 unspecified atom stereocenters. The van der Waals surface area contributed by atoms with Gasteiger partial charge in [0.05, 0.1) is 11.1 Å². The SMILES string of the molecule is Nc1cc(C(=O)c2cc(N)cc(C(F)(F)F)c2)cc(C(F)(F)F)c1. The molecule has 0 bridgehead atoms. The van der Waals surface area contributed by atoms with Gasteiger partial charge in [0.15, 0.2) is 5.78 Å².